The van der Waals surface area contributed by atoms with E-state index in [-0.39, 0.29) is 36.5 Å². The number of allylic oxidation sites excluding steroid dienone is 2. The van der Waals surface area contributed by atoms with Gasteiger partial charge in [0.25, 0.3) is 0 Å². The molecule has 5 aliphatic heterocycles. The summed E-state index contributed by atoms with van der Waals surface area (Å²) in [6.45, 7) is 13.2. The minimum atomic E-state index is -1.92. The third-order valence-electron chi connectivity index (χ3n) is 22.7. The fourth-order valence-corrected chi connectivity index (χ4v) is 17.8. The Kier molecular flexibility index (Phi) is 19.3. The first-order valence-electron chi connectivity index (χ1n) is 30.7. The number of rotatable bonds is 14. The highest BCUT2D eigenvalue weighted by Gasteiger charge is 2.73. The SMILES string of the molecule is CC(=O)O[C@H]1[C@H](O[C@@H]2C[C@@H](O)[C@@H](O)O[C@H]2OC(=O)[C@]23CCC(C)(C)C[C@H]2C2=CCC4[C@@]5(C)C[C@H](O)[C@H](O[C@@H]6O[C@H](CO)[C@@H](O)[C@H](O)[C@H]6O)[C@@](C)(CO)[C@@H]5CC[C@@]4(C)[C@]2(C)C[C@H]3O)O[C@@H](C)[C@H](O[C@H]2C[C@H](O)[C@@H](O[C@@H]3O[C@@H](CO)[C@@H](O)[C@H]3O)[C@H](O)O2)[C@H]1O. The number of carbonyl (C=O) groups is 2. The van der Waals surface area contributed by atoms with Crippen molar-refractivity contribution in [1.82, 2.24) is 0 Å². The maximum atomic E-state index is 15.5. The van der Waals surface area contributed by atoms with Gasteiger partial charge in [0, 0.05) is 25.2 Å². The zero-order valence-electron chi connectivity index (χ0n) is 50.5. The Labute approximate surface area is 504 Å². The molecule has 0 aromatic carbocycles. The predicted octanol–water partition coefficient (Wildman–Crippen LogP) is -3.09. The second-order valence-electron chi connectivity index (χ2n) is 28.4. The summed E-state index contributed by atoms with van der Waals surface area (Å²) in [7, 11) is 0. The number of aliphatic hydroxyl groups excluding tert-OH is 15. The van der Waals surface area contributed by atoms with Crippen LogP contribution >= 0.6 is 0 Å². The zero-order valence-corrected chi connectivity index (χ0v) is 50.5. The molecule has 5 saturated heterocycles. The molecule has 5 heterocycles. The van der Waals surface area contributed by atoms with Gasteiger partial charge in [-0.1, -0.05) is 53.2 Å². The monoisotopic (exact) mass is 1250 g/mol. The summed E-state index contributed by atoms with van der Waals surface area (Å²) >= 11 is 0. The molecule has 15 N–H and O–H groups in total. The van der Waals surface area contributed by atoms with E-state index in [1.165, 1.54) is 6.92 Å². The highest BCUT2D eigenvalue weighted by molar-refractivity contribution is 5.80. The molecule has 9 fully saturated rings. The first-order chi connectivity index (χ1) is 40.7. The number of ether oxygens (including phenoxy) is 11. The van der Waals surface area contributed by atoms with Crippen molar-refractivity contribution in [3.63, 3.8) is 0 Å². The molecule has 1 unspecified atom stereocenters. The summed E-state index contributed by atoms with van der Waals surface area (Å²) in [6.07, 6.45) is -34.0. The number of hydrogen-bond acceptors (Lipinski definition) is 28. The standard InChI is InChI=1S/C59H94O28/c1-23-43(82-36-16-27(64)44(48(75)83-36)84-50-40(71)38(69)32(21-61)80-50)42(73)45(78-24(2)63)52(77-23)79-30-15-28(65)47(74)86-49(30)87-53(76)59-14-13-54(3,4)17-26(59)25-9-10-34-55(5)18-29(66)46(85-51-41(72)39(70)37(68)31(20-60)81-51)56(6,22-62)33(55)11-12-57(34,7)58(25,8)19-35(59)67/h9,23,26-52,60-62,64-75H,10-22H2,1-8H3/t23-,26-,27-,28+,29-,30+,31+,32-,33+,34?,35+,36+,37+,38+,39-,40+,41+,42+,43-,44+,45+,46-,47-,48+,49-,50-,51-,52-,55-,56-,57+,58+,59+/m0/s1. The molecular weight excluding hydrogens is 1160 g/mol. The molecule has 10 rings (SSSR count). The lowest BCUT2D eigenvalue weighted by atomic mass is 9.33. The molecule has 0 radical (unpaired) electrons. The minimum absolute atomic E-state index is 0.113. The number of carbonyl (C=O) groups excluding carboxylic acids is 2. The van der Waals surface area contributed by atoms with E-state index in [1.54, 1.807) is 0 Å². The third-order valence-corrected chi connectivity index (χ3v) is 22.7. The van der Waals surface area contributed by atoms with E-state index in [1.807, 2.05) is 6.92 Å². The average Bonchev–Trinajstić information content (AvgIpc) is 0.968. The van der Waals surface area contributed by atoms with E-state index in [9.17, 15) is 81.4 Å². The Morgan fingerprint density at radius 2 is 1.23 bits per heavy atom. The van der Waals surface area contributed by atoms with Crippen LogP contribution in [0, 0.1) is 50.2 Å². The molecule has 0 aromatic rings. The van der Waals surface area contributed by atoms with E-state index in [4.69, 9.17) is 52.1 Å². The number of fused-ring (bicyclic) bond motifs is 7. The Balaban J connectivity index is 0.866. The minimum Gasteiger partial charge on any atom is -0.454 e. The van der Waals surface area contributed by atoms with Crippen LogP contribution in [0.15, 0.2) is 11.6 Å². The lowest BCUT2D eigenvalue weighted by Crippen LogP contribution is -2.70. The maximum absolute atomic E-state index is 15.5. The van der Waals surface area contributed by atoms with Crippen molar-refractivity contribution >= 4 is 11.9 Å². The lowest BCUT2D eigenvalue weighted by Gasteiger charge is -2.72. The molecule has 498 valence electrons. The molecule has 28 heteroatoms. The molecule has 0 amide bonds. The first-order valence-corrected chi connectivity index (χ1v) is 30.7. The van der Waals surface area contributed by atoms with E-state index in [0.717, 1.165) is 12.5 Å². The Hall–Kier alpha value is -2.28. The fraction of sp³-hybridized carbons (Fsp3) is 0.932. The fourth-order valence-electron chi connectivity index (χ4n) is 17.8. The van der Waals surface area contributed by atoms with Gasteiger partial charge in [-0.15, -0.1) is 0 Å². The number of esters is 2. The zero-order chi connectivity index (χ0) is 63.6. The molecule has 33 atom stereocenters. The summed E-state index contributed by atoms with van der Waals surface area (Å²) in [5.74, 6) is -2.78. The van der Waals surface area contributed by atoms with Gasteiger partial charge in [-0.05, 0) is 97.7 Å². The summed E-state index contributed by atoms with van der Waals surface area (Å²) in [6, 6.07) is 0. The van der Waals surface area contributed by atoms with Crippen LogP contribution in [-0.2, 0) is 61.7 Å². The number of hydrogen-bond donors (Lipinski definition) is 15. The Morgan fingerprint density at radius 3 is 1.86 bits per heavy atom. The average molecular weight is 1250 g/mol. The van der Waals surface area contributed by atoms with Crippen molar-refractivity contribution in [1.29, 1.82) is 0 Å². The third kappa shape index (κ3) is 11.5. The van der Waals surface area contributed by atoms with Gasteiger partial charge < -0.3 is 129 Å². The molecule has 10 aliphatic rings. The molecule has 87 heavy (non-hydrogen) atoms. The van der Waals surface area contributed by atoms with Crippen LogP contribution in [0.5, 0.6) is 0 Å². The van der Waals surface area contributed by atoms with Crippen molar-refractivity contribution < 1.29 is 138 Å². The number of aliphatic hydroxyl groups is 15. The summed E-state index contributed by atoms with van der Waals surface area (Å²) in [5, 5.41) is 164. The van der Waals surface area contributed by atoms with Gasteiger partial charge in [0.05, 0.1) is 50.3 Å². The second-order valence-corrected chi connectivity index (χ2v) is 28.4. The quantitative estimate of drug-likeness (QED) is 0.0466. The van der Waals surface area contributed by atoms with E-state index in [2.05, 4.69) is 40.7 Å². The highest BCUT2D eigenvalue weighted by atomic mass is 16.8. The molecule has 0 aromatic heterocycles. The second kappa shape index (κ2) is 24.9. The van der Waals surface area contributed by atoms with Crippen molar-refractivity contribution in [3.8, 4) is 0 Å². The van der Waals surface area contributed by atoms with Gasteiger partial charge in [-0.25, -0.2) is 0 Å². The van der Waals surface area contributed by atoms with Crippen LogP contribution in [0.1, 0.15) is 120 Å². The van der Waals surface area contributed by atoms with E-state index < -0.39 is 231 Å². The van der Waals surface area contributed by atoms with Crippen molar-refractivity contribution in [2.75, 3.05) is 19.8 Å². The molecule has 0 bridgehead atoms. The van der Waals surface area contributed by atoms with Gasteiger partial charge in [0.1, 0.15) is 78.7 Å². The highest BCUT2D eigenvalue weighted by Crippen LogP contribution is 2.76. The molecular formula is C59H94O28. The van der Waals surface area contributed by atoms with Crippen LogP contribution in [0.25, 0.3) is 0 Å². The van der Waals surface area contributed by atoms with Gasteiger partial charge in [0.2, 0.25) is 6.29 Å². The van der Waals surface area contributed by atoms with Crippen LogP contribution in [0.2, 0.25) is 0 Å². The van der Waals surface area contributed by atoms with Gasteiger partial charge in [0.15, 0.2) is 43.8 Å². The molecule has 4 saturated carbocycles. The normalized spacial score (nSPS) is 54.0. The van der Waals surface area contributed by atoms with Crippen LogP contribution in [0.4, 0.5) is 0 Å². The Bertz CT molecular complexity index is 2460. The Morgan fingerprint density at radius 1 is 0.586 bits per heavy atom. The van der Waals surface area contributed by atoms with Crippen LogP contribution < -0.4 is 0 Å². The van der Waals surface area contributed by atoms with Crippen LogP contribution in [-0.4, -0.2) is 262 Å². The van der Waals surface area contributed by atoms with Gasteiger partial charge in [-0.3, -0.25) is 9.59 Å². The molecule has 0 spiro atoms. The first kappa shape index (κ1) is 67.6. The summed E-state index contributed by atoms with van der Waals surface area (Å²) in [5.41, 5.74) is -4.06. The molecule has 28 nitrogen and oxygen atoms in total. The smallest absolute Gasteiger partial charge is 0.317 e. The van der Waals surface area contributed by atoms with Crippen LogP contribution in [0.3, 0.4) is 0 Å². The summed E-state index contributed by atoms with van der Waals surface area (Å²) < 4.78 is 64.8. The van der Waals surface area contributed by atoms with Crippen molar-refractivity contribution in [3.05, 3.63) is 11.6 Å². The topological polar surface area (TPSA) is 439 Å². The van der Waals surface area contributed by atoms with E-state index in [0.29, 0.717) is 32.1 Å². The molecule has 5 aliphatic carbocycles. The van der Waals surface area contributed by atoms with E-state index >= 15 is 4.79 Å². The van der Waals surface area contributed by atoms with Crippen molar-refractivity contribution in [2.45, 2.75) is 273 Å². The van der Waals surface area contributed by atoms with Crippen molar-refractivity contribution in [2.24, 2.45) is 50.2 Å². The largest absolute Gasteiger partial charge is 0.454 e. The predicted molar refractivity (Wildman–Crippen MR) is 289 cm³/mol. The van der Waals surface area contributed by atoms with Gasteiger partial charge >= 0.3 is 11.9 Å². The maximum Gasteiger partial charge on any atom is 0.317 e. The summed E-state index contributed by atoms with van der Waals surface area (Å²) in [4.78, 5) is 28.2. The lowest BCUT2D eigenvalue weighted by molar-refractivity contribution is -0.381. The van der Waals surface area contributed by atoms with Gasteiger partial charge in [-0.2, -0.15) is 0 Å².